The lowest BCUT2D eigenvalue weighted by molar-refractivity contribution is -0.176. The Morgan fingerprint density at radius 2 is 1.84 bits per heavy atom. The molecule has 19 heavy (non-hydrogen) atoms. The van der Waals surface area contributed by atoms with E-state index in [1.807, 2.05) is 0 Å². The van der Waals surface area contributed by atoms with Gasteiger partial charge < -0.3 is 20.7 Å². The van der Waals surface area contributed by atoms with Gasteiger partial charge in [0.1, 0.15) is 0 Å². The predicted molar refractivity (Wildman–Crippen MR) is 64.6 cm³/mol. The van der Waals surface area contributed by atoms with Gasteiger partial charge in [0.2, 0.25) is 5.60 Å². The Morgan fingerprint density at radius 1 is 1.26 bits per heavy atom. The summed E-state index contributed by atoms with van der Waals surface area (Å²) in [7, 11) is 0. The number of esters is 1. The van der Waals surface area contributed by atoms with Gasteiger partial charge >= 0.3 is 17.9 Å². The van der Waals surface area contributed by atoms with Gasteiger partial charge in [-0.25, -0.2) is 9.59 Å². The van der Waals surface area contributed by atoms with E-state index in [1.165, 1.54) is 12.1 Å². The van der Waals surface area contributed by atoms with Crippen molar-refractivity contribution in [1.29, 1.82) is 0 Å². The second kappa shape index (κ2) is 4.97. The largest absolute Gasteiger partial charge is 0.478 e. The lowest BCUT2D eigenvalue weighted by atomic mass is 9.90. The molecule has 1 aromatic rings. The zero-order chi connectivity index (χ0) is 14.8. The van der Waals surface area contributed by atoms with Gasteiger partial charge in [-0.2, -0.15) is 0 Å². The molecular formula is C12H13NO6. The van der Waals surface area contributed by atoms with Crippen LogP contribution in [0.15, 0.2) is 18.2 Å². The topological polar surface area (TPSA) is 127 Å². The molecule has 1 rings (SSSR count). The first-order valence-electron chi connectivity index (χ1n) is 5.24. The second-order valence-electron chi connectivity index (χ2n) is 4.04. The molecule has 0 amide bonds. The maximum Gasteiger partial charge on any atom is 0.352 e. The molecular weight excluding hydrogens is 254 g/mol. The molecule has 0 radical (unpaired) electrons. The first-order valence-corrected chi connectivity index (χ1v) is 5.24. The number of aromatic carboxylic acids is 1. The Balaban J connectivity index is 3.51. The molecule has 102 valence electrons. The highest BCUT2D eigenvalue weighted by atomic mass is 16.6. The Bertz CT molecular complexity index is 553. The van der Waals surface area contributed by atoms with Crippen molar-refractivity contribution in [2.45, 2.75) is 19.4 Å². The minimum Gasteiger partial charge on any atom is -0.478 e. The number of carboxylic acid groups (broad SMARTS) is 2. The summed E-state index contributed by atoms with van der Waals surface area (Å²) in [6.07, 6.45) is 0. The van der Waals surface area contributed by atoms with Gasteiger partial charge in [0.05, 0.1) is 5.56 Å². The third-order valence-corrected chi connectivity index (χ3v) is 2.54. The number of anilines is 1. The van der Waals surface area contributed by atoms with Crippen molar-refractivity contribution in [2.75, 3.05) is 5.73 Å². The number of carbonyl (C=O) groups excluding carboxylic acids is 1. The molecule has 0 heterocycles. The smallest absolute Gasteiger partial charge is 0.352 e. The SMILES string of the molecule is CC(=O)OC(C)(C(=O)O)c1ccc(N)cc1C(=O)O. The minimum atomic E-state index is -2.09. The van der Waals surface area contributed by atoms with Crippen molar-refractivity contribution in [1.82, 2.24) is 0 Å². The monoisotopic (exact) mass is 267 g/mol. The Morgan fingerprint density at radius 3 is 2.26 bits per heavy atom. The van der Waals surface area contributed by atoms with E-state index < -0.39 is 23.5 Å². The lowest BCUT2D eigenvalue weighted by Crippen LogP contribution is -2.38. The van der Waals surface area contributed by atoms with Crippen molar-refractivity contribution < 1.29 is 29.3 Å². The van der Waals surface area contributed by atoms with E-state index in [0.717, 1.165) is 19.9 Å². The van der Waals surface area contributed by atoms with E-state index in [4.69, 9.17) is 15.6 Å². The summed E-state index contributed by atoms with van der Waals surface area (Å²) in [5, 5.41) is 18.3. The standard InChI is InChI=1S/C12H13NO6/c1-6(14)19-12(2,11(17)18)9-4-3-7(13)5-8(9)10(15)16/h3-5H,13H2,1-2H3,(H,15,16)(H,17,18). The van der Waals surface area contributed by atoms with Crippen LogP contribution in [0.5, 0.6) is 0 Å². The number of carboxylic acids is 2. The number of carbonyl (C=O) groups is 3. The fourth-order valence-electron chi connectivity index (χ4n) is 1.66. The van der Waals surface area contributed by atoms with Gasteiger partial charge in [-0.1, -0.05) is 6.07 Å². The average Bonchev–Trinajstić information content (AvgIpc) is 2.27. The molecule has 0 aliphatic heterocycles. The molecule has 0 aliphatic carbocycles. The van der Waals surface area contributed by atoms with Crippen LogP contribution in [-0.4, -0.2) is 28.1 Å². The van der Waals surface area contributed by atoms with Crippen molar-refractivity contribution in [3.05, 3.63) is 29.3 Å². The minimum absolute atomic E-state index is 0.156. The van der Waals surface area contributed by atoms with Gasteiger partial charge in [-0.15, -0.1) is 0 Å². The number of nitrogen functional groups attached to an aromatic ring is 1. The molecule has 0 fully saturated rings. The quantitative estimate of drug-likeness (QED) is 0.544. The third kappa shape index (κ3) is 2.82. The molecule has 0 spiro atoms. The summed E-state index contributed by atoms with van der Waals surface area (Å²) < 4.78 is 4.77. The van der Waals surface area contributed by atoms with Gasteiger partial charge in [-0.3, -0.25) is 4.79 Å². The molecule has 0 aliphatic rings. The van der Waals surface area contributed by atoms with Crippen LogP contribution in [0.4, 0.5) is 5.69 Å². The van der Waals surface area contributed by atoms with Gasteiger partial charge in [-0.05, 0) is 19.1 Å². The fraction of sp³-hybridized carbons (Fsp3) is 0.250. The Labute approximate surface area is 108 Å². The van der Waals surface area contributed by atoms with Gasteiger partial charge in [0.15, 0.2) is 0 Å². The number of hydrogen-bond donors (Lipinski definition) is 3. The zero-order valence-corrected chi connectivity index (χ0v) is 10.3. The molecule has 1 aromatic carbocycles. The van der Waals surface area contributed by atoms with Crippen LogP contribution in [0.1, 0.15) is 29.8 Å². The maximum absolute atomic E-state index is 11.3. The van der Waals surface area contributed by atoms with Crippen LogP contribution in [0.25, 0.3) is 0 Å². The van der Waals surface area contributed by atoms with E-state index in [9.17, 15) is 19.5 Å². The highest BCUT2D eigenvalue weighted by molar-refractivity contribution is 5.94. The first kappa shape index (κ1) is 14.5. The summed E-state index contributed by atoms with van der Waals surface area (Å²) in [6.45, 7) is 2.15. The van der Waals surface area contributed by atoms with Crippen LogP contribution in [0.2, 0.25) is 0 Å². The molecule has 0 bridgehead atoms. The average molecular weight is 267 g/mol. The normalized spacial score (nSPS) is 13.4. The molecule has 1 unspecified atom stereocenters. The molecule has 0 aromatic heterocycles. The number of hydrogen-bond acceptors (Lipinski definition) is 5. The molecule has 7 nitrogen and oxygen atoms in total. The summed E-state index contributed by atoms with van der Waals surface area (Å²) in [5.41, 5.74) is 3.06. The number of rotatable bonds is 4. The predicted octanol–water partition coefficient (Wildman–Crippen LogP) is 0.830. The van der Waals surface area contributed by atoms with E-state index in [-0.39, 0.29) is 16.8 Å². The second-order valence-corrected chi connectivity index (χ2v) is 4.04. The number of ether oxygens (including phenoxy) is 1. The highest BCUT2D eigenvalue weighted by Gasteiger charge is 2.41. The number of aliphatic carboxylic acids is 1. The van der Waals surface area contributed by atoms with Crippen LogP contribution in [0.3, 0.4) is 0 Å². The summed E-state index contributed by atoms with van der Waals surface area (Å²) in [6, 6.07) is 3.67. The van der Waals surface area contributed by atoms with Crippen molar-refractivity contribution in [2.24, 2.45) is 0 Å². The molecule has 0 saturated carbocycles. The van der Waals surface area contributed by atoms with E-state index in [0.29, 0.717) is 0 Å². The summed E-state index contributed by atoms with van der Waals surface area (Å²) >= 11 is 0. The molecule has 4 N–H and O–H groups in total. The van der Waals surface area contributed by atoms with Crippen LogP contribution >= 0.6 is 0 Å². The van der Waals surface area contributed by atoms with Crippen LogP contribution < -0.4 is 5.73 Å². The summed E-state index contributed by atoms with van der Waals surface area (Å²) in [5.74, 6) is -3.67. The van der Waals surface area contributed by atoms with Crippen LogP contribution in [-0.2, 0) is 19.9 Å². The fourth-order valence-corrected chi connectivity index (χ4v) is 1.66. The van der Waals surface area contributed by atoms with Crippen LogP contribution in [0, 0.1) is 0 Å². The molecule has 7 heteroatoms. The Kier molecular flexibility index (Phi) is 3.79. The van der Waals surface area contributed by atoms with Gasteiger partial charge in [0, 0.05) is 18.2 Å². The molecule has 1 atom stereocenters. The third-order valence-electron chi connectivity index (χ3n) is 2.54. The van der Waals surface area contributed by atoms with Crippen molar-refractivity contribution in [3.8, 4) is 0 Å². The number of benzene rings is 1. The first-order chi connectivity index (χ1) is 8.68. The molecule has 0 saturated heterocycles. The van der Waals surface area contributed by atoms with Crippen molar-refractivity contribution >= 4 is 23.6 Å². The lowest BCUT2D eigenvalue weighted by Gasteiger charge is -2.26. The van der Waals surface area contributed by atoms with E-state index in [1.54, 1.807) is 0 Å². The van der Waals surface area contributed by atoms with Crippen molar-refractivity contribution in [3.63, 3.8) is 0 Å². The highest BCUT2D eigenvalue weighted by Crippen LogP contribution is 2.30. The number of nitrogens with two attached hydrogens (primary N) is 1. The van der Waals surface area contributed by atoms with E-state index >= 15 is 0 Å². The van der Waals surface area contributed by atoms with Gasteiger partial charge in [0.25, 0.3) is 0 Å². The van der Waals surface area contributed by atoms with E-state index in [2.05, 4.69) is 0 Å². The zero-order valence-electron chi connectivity index (χ0n) is 10.3. The summed E-state index contributed by atoms with van der Waals surface area (Å²) in [4.78, 5) is 33.5. The maximum atomic E-state index is 11.3. The Hall–Kier alpha value is -2.57.